The summed E-state index contributed by atoms with van der Waals surface area (Å²) in [4.78, 5) is 9.30. The number of benzene rings is 2. The monoisotopic (exact) mass is 347 g/mol. The Morgan fingerprint density at radius 3 is 2.62 bits per heavy atom. The van der Waals surface area contributed by atoms with Crippen molar-refractivity contribution >= 4 is 22.5 Å². The Morgan fingerprint density at radius 2 is 1.92 bits per heavy atom. The Kier molecular flexibility index (Phi) is 3.29. The second kappa shape index (κ2) is 5.67. The van der Waals surface area contributed by atoms with E-state index in [0.29, 0.717) is 17.7 Å². The largest absolute Gasteiger partial charge is 0.497 e. The topological polar surface area (TPSA) is 87.6 Å². The van der Waals surface area contributed by atoms with Crippen LogP contribution in [0.25, 0.3) is 27.9 Å². The van der Waals surface area contributed by atoms with Gasteiger partial charge in [-0.05, 0) is 35.9 Å². The highest BCUT2D eigenvalue weighted by molar-refractivity contribution is 5.96. The molecule has 0 atom stereocenters. The summed E-state index contributed by atoms with van der Waals surface area (Å²) in [7, 11) is 1.64. The molecule has 5 rings (SSSR count). The molecule has 1 fully saturated rings. The van der Waals surface area contributed by atoms with Gasteiger partial charge in [0.2, 0.25) is 5.95 Å². The van der Waals surface area contributed by atoms with Crippen LogP contribution in [0.5, 0.6) is 5.75 Å². The van der Waals surface area contributed by atoms with Gasteiger partial charge in [-0.3, -0.25) is 0 Å². The van der Waals surface area contributed by atoms with E-state index in [2.05, 4.69) is 16.1 Å². The third kappa shape index (κ3) is 2.21. The molecule has 1 aliphatic heterocycles. The van der Waals surface area contributed by atoms with Crippen LogP contribution in [-0.2, 0) is 4.74 Å². The van der Waals surface area contributed by atoms with Crippen LogP contribution in [0.1, 0.15) is 11.5 Å². The number of fused-ring (bicyclic) bond motifs is 3. The molecule has 2 aromatic carbocycles. The molecule has 1 aliphatic rings. The lowest BCUT2D eigenvalue weighted by Crippen LogP contribution is -2.25. The Balaban J connectivity index is 1.75. The zero-order valence-electron chi connectivity index (χ0n) is 14.2. The number of nitrogens with zero attached hydrogens (tertiary/aromatic N) is 4. The molecule has 3 heterocycles. The summed E-state index contributed by atoms with van der Waals surface area (Å²) in [6.07, 6.45) is 0. The van der Waals surface area contributed by atoms with Gasteiger partial charge in [-0.15, -0.1) is 5.10 Å². The first kappa shape index (κ1) is 15.1. The minimum absolute atomic E-state index is 0.321. The fraction of sp³-hybridized carbons (Fsp3) is 0.211. The maximum absolute atomic E-state index is 6.14. The number of ether oxygens (including phenoxy) is 2. The van der Waals surface area contributed by atoms with Crippen LogP contribution in [0, 0.1) is 0 Å². The average Bonchev–Trinajstić information content (AvgIpc) is 3.06. The van der Waals surface area contributed by atoms with Crippen LogP contribution in [0.3, 0.4) is 0 Å². The van der Waals surface area contributed by atoms with Crippen molar-refractivity contribution in [2.45, 2.75) is 5.92 Å². The van der Waals surface area contributed by atoms with Crippen LogP contribution in [0.2, 0.25) is 0 Å². The predicted molar refractivity (Wildman–Crippen MR) is 98.2 cm³/mol. The number of rotatable bonds is 3. The molecule has 0 radical (unpaired) electrons. The molecular weight excluding hydrogens is 330 g/mol. The summed E-state index contributed by atoms with van der Waals surface area (Å²) >= 11 is 0. The van der Waals surface area contributed by atoms with Crippen LogP contribution < -0.4 is 10.5 Å². The zero-order valence-corrected chi connectivity index (χ0v) is 14.2. The van der Waals surface area contributed by atoms with Crippen LogP contribution in [-0.4, -0.2) is 39.9 Å². The van der Waals surface area contributed by atoms with Crippen molar-refractivity contribution in [3.63, 3.8) is 0 Å². The number of nitrogen functional groups attached to an aromatic ring is 1. The van der Waals surface area contributed by atoms with Gasteiger partial charge in [0.25, 0.3) is 0 Å². The van der Waals surface area contributed by atoms with E-state index in [1.807, 2.05) is 36.4 Å². The summed E-state index contributed by atoms with van der Waals surface area (Å²) < 4.78 is 12.2. The minimum Gasteiger partial charge on any atom is -0.497 e. The van der Waals surface area contributed by atoms with E-state index in [9.17, 15) is 0 Å². The molecule has 0 amide bonds. The molecule has 7 nitrogen and oxygen atoms in total. The fourth-order valence-electron chi connectivity index (χ4n) is 3.32. The molecule has 0 saturated carbocycles. The summed E-state index contributed by atoms with van der Waals surface area (Å²) in [5, 5.41) is 5.57. The first-order valence-corrected chi connectivity index (χ1v) is 8.41. The van der Waals surface area contributed by atoms with E-state index < -0.39 is 0 Å². The summed E-state index contributed by atoms with van der Waals surface area (Å²) in [5.41, 5.74) is 9.76. The van der Waals surface area contributed by atoms with Crippen molar-refractivity contribution in [2.75, 3.05) is 26.1 Å². The van der Waals surface area contributed by atoms with E-state index >= 15 is 0 Å². The smallest absolute Gasteiger partial charge is 0.223 e. The Morgan fingerprint density at radius 1 is 1.12 bits per heavy atom. The number of hydrogen-bond donors (Lipinski definition) is 1. The van der Waals surface area contributed by atoms with Gasteiger partial charge in [-0.25, -0.2) is 9.97 Å². The quantitative estimate of drug-likeness (QED) is 0.613. The third-order valence-corrected chi connectivity index (χ3v) is 4.78. The Labute approximate surface area is 149 Å². The summed E-state index contributed by atoms with van der Waals surface area (Å²) in [6, 6.07) is 13.7. The first-order valence-electron chi connectivity index (χ1n) is 8.41. The number of nitrogens with two attached hydrogens (primary N) is 1. The number of anilines is 1. The van der Waals surface area contributed by atoms with Gasteiger partial charge < -0.3 is 15.2 Å². The lowest BCUT2D eigenvalue weighted by molar-refractivity contribution is 0.00902. The maximum atomic E-state index is 6.14. The Bertz CT molecular complexity index is 1120. The van der Waals surface area contributed by atoms with Crippen molar-refractivity contribution < 1.29 is 9.47 Å². The summed E-state index contributed by atoms with van der Waals surface area (Å²) in [5.74, 6) is 2.07. The van der Waals surface area contributed by atoms with E-state index in [1.54, 1.807) is 11.6 Å². The molecule has 2 aromatic heterocycles. The van der Waals surface area contributed by atoms with E-state index in [-0.39, 0.29) is 0 Å². The van der Waals surface area contributed by atoms with E-state index in [4.69, 9.17) is 20.2 Å². The third-order valence-electron chi connectivity index (χ3n) is 4.78. The molecule has 2 N–H and O–H groups in total. The van der Waals surface area contributed by atoms with Gasteiger partial charge in [0, 0.05) is 16.9 Å². The van der Waals surface area contributed by atoms with E-state index in [1.165, 1.54) is 5.56 Å². The lowest BCUT2D eigenvalue weighted by atomic mass is 9.94. The first-order chi connectivity index (χ1) is 12.7. The molecule has 4 aromatic rings. The van der Waals surface area contributed by atoms with Gasteiger partial charge in [0.05, 0.1) is 25.8 Å². The molecule has 0 bridgehead atoms. The van der Waals surface area contributed by atoms with Gasteiger partial charge in [-0.2, -0.15) is 4.52 Å². The molecule has 130 valence electrons. The highest BCUT2D eigenvalue weighted by Crippen LogP contribution is 2.33. The summed E-state index contributed by atoms with van der Waals surface area (Å²) in [6.45, 7) is 1.43. The molecular formula is C19H17N5O2. The highest BCUT2D eigenvalue weighted by Gasteiger charge is 2.25. The molecule has 0 aliphatic carbocycles. The number of methoxy groups -OCH3 is 1. The van der Waals surface area contributed by atoms with Crippen molar-refractivity contribution in [2.24, 2.45) is 0 Å². The van der Waals surface area contributed by atoms with Crippen molar-refractivity contribution in [1.29, 1.82) is 0 Å². The minimum atomic E-state index is 0.321. The number of aromatic nitrogens is 4. The second-order valence-electron chi connectivity index (χ2n) is 6.35. The standard InChI is InChI=1S/C19H17N5O2/c1-25-13-7-5-11(6-8-13)17-22-18-16-14(12-9-26-10-12)3-2-4-15(16)21-19(20)24(18)23-17/h2-8,12H,9-10H2,1H3,(H2,20,21). The normalized spacial score (nSPS) is 14.7. The molecule has 0 spiro atoms. The van der Waals surface area contributed by atoms with Gasteiger partial charge in [0.15, 0.2) is 11.5 Å². The zero-order chi connectivity index (χ0) is 17.7. The van der Waals surface area contributed by atoms with Crippen molar-refractivity contribution in [1.82, 2.24) is 19.6 Å². The van der Waals surface area contributed by atoms with Gasteiger partial charge in [0.1, 0.15) is 5.75 Å². The maximum Gasteiger partial charge on any atom is 0.223 e. The van der Waals surface area contributed by atoms with Crippen molar-refractivity contribution in [3.05, 3.63) is 48.0 Å². The second-order valence-corrected chi connectivity index (χ2v) is 6.35. The van der Waals surface area contributed by atoms with E-state index in [0.717, 1.165) is 41.1 Å². The van der Waals surface area contributed by atoms with Crippen LogP contribution in [0.4, 0.5) is 5.95 Å². The fourth-order valence-corrected chi connectivity index (χ4v) is 3.32. The van der Waals surface area contributed by atoms with Gasteiger partial charge >= 0.3 is 0 Å². The number of hydrogen-bond acceptors (Lipinski definition) is 6. The molecule has 7 heteroatoms. The molecule has 26 heavy (non-hydrogen) atoms. The Hall–Kier alpha value is -3.19. The lowest BCUT2D eigenvalue weighted by Gasteiger charge is -2.27. The molecule has 0 unspecified atom stereocenters. The predicted octanol–water partition coefficient (Wildman–Crippen LogP) is 2.65. The van der Waals surface area contributed by atoms with Crippen LogP contribution >= 0.6 is 0 Å². The van der Waals surface area contributed by atoms with Crippen LogP contribution in [0.15, 0.2) is 42.5 Å². The average molecular weight is 347 g/mol. The highest BCUT2D eigenvalue weighted by atomic mass is 16.5. The SMILES string of the molecule is COc1ccc(-c2nc3c4c(C5COC5)cccc4nc(N)n3n2)cc1. The molecule has 1 saturated heterocycles. The van der Waals surface area contributed by atoms with Crippen molar-refractivity contribution in [3.8, 4) is 17.1 Å². The van der Waals surface area contributed by atoms with Gasteiger partial charge in [-0.1, -0.05) is 12.1 Å².